The van der Waals surface area contributed by atoms with Gasteiger partial charge in [0.1, 0.15) is 5.82 Å². The van der Waals surface area contributed by atoms with E-state index in [-0.39, 0.29) is 11.7 Å². The van der Waals surface area contributed by atoms with Gasteiger partial charge in [-0.1, -0.05) is 0 Å². The van der Waals surface area contributed by atoms with Crippen LogP contribution in [0.2, 0.25) is 0 Å². The van der Waals surface area contributed by atoms with Crippen LogP contribution in [0.1, 0.15) is 15.9 Å². The molecule has 1 heterocycles. The van der Waals surface area contributed by atoms with Crippen molar-refractivity contribution in [3.63, 3.8) is 0 Å². The smallest absolute Gasteiger partial charge is 0.251 e. The molecule has 104 valence electrons. The Balaban J connectivity index is 1.78. The summed E-state index contributed by atoms with van der Waals surface area (Å²) in [5, 5.41) is 6.16. The number of carbonyl (C=O) groups is 1. The number of piperazine rings is 1. The molecule has 0 spiro atoms. The molecule has 5 heteroatoms. The lowest BCUT2D eigenvalue weighted by atomic mass is 10.1. The van der Waals surface area contributed by atoms with Crippen molar-refractivity contribution in [1.29, 1.82) is 0 Å². The fraction of sp³-hybridized carbons (Fsp3) is 0.500. The van der Waals surface area contributed by atoms with Gasteiger partial charge in [0.2, 0.25) is 0 Å². The van der Waals surface area contributed by atoms with Crippen molar-refractivity contribution in [3.05, 3.63) is 35.1 Å². The van der Waals surface area contributed by atoms with Crippen LogP contribution in [0.15, 0.2) is 18.2 Å². The number of amides is 1. The summed E-state index contributed by atoms with van der Waals surface area (Å²) >= 11 is 0. The second kappa shape index (κ2) is 6.63. The van der Waals surface area contributed by atoms with Crippen LogP contribution in [0, 0.1) is 12.7 Å². The Bertz CT molecular complexity index is 444. The molecule has 1 aliphatic rings. The lowest BCUT2D eigenvalue weighted by Gasteiger charge is -2.27. The van der Waals surface area contributed by atoms with Gasteiger partial charge < -0.3 is 10.6 Å². The number of halogens is 1. The van der Waals surface area contributed by atoms with Gasteiger partial charge in [0, 0.05) is 44.8 Å². The highest BCUT2D eigenvalue weighted by Gasteiger charge is 2.10. The fourth-order valence-electron chi connectivity index (χ4n) is 2.15. The third-order valence-electron chi connectivity index (χ3n) is 3.34. The standard InChI is InChI=1S/C14H20FN3O/c1-11-10-12(2-3-13(11)15)14(19)17-6-9-18-7-4-16-5-8-18/h2-3,10,16H,4-9H2,1H3,(H,17,19). The van der Waals surface area contributed by atoms with Crippen LogP contribution in [-0.2, 0) is 0 Å². The zero-order valence-electron chi connectivity index (χ0n) is 11.2. The Morgan fingerprint density at radius 3 is 2.84 bits per heavy atom. The van der Waals surface area contributed by atoms with E-state index in [4.69, 9.17) is 0 Å². The SMILES string of the molecule is Cc1cc(C(=O)NCCN2CCNCC2)ccc1F. The molecule has 0 saturated carbocycles. The summed E-state index contributed by atoms with van der Waals surface area (Å²) in [6, 6.07) is 4.43. The molecule has 0 aromatic heterocycles. The van der Waals surface area contributed by atoms with E-state index in [1.807, 2.05) is 0 Å². The molecule has 0 bridgehead atoms. The Morgan fingerprint density at radius 2 is 2.16 bits per heavy atom. The monoisotopic (exact) mass is 265 g/mol. The van der Waals surface area contributed by atoms with E-state index in [9.17, 15) is 9.18 Å². The normalized spacial score (nSPS) is 16.3. The predicted octanol–water partition coefficient (Wildman–Crippen LogP) is 0.769. The van der Waals surface area contributed by atoms with Crippen LogP contribution >= 0.6 is 0 Å². The van der Waals surface area contributed by atoms with Gasteiger partial charge in [0.15, 0.2) is 0 Å². The highest BCUT2D eigenvalue weighted by atomic mass is 19.1. The molecule has 1 aliphatic heterocycles. The molecular formula is C14H20FN3O. The van der Waals surface area contributed by atoms with E-state index in [0.717, 1.165) is 32.7 Å². The first-order valence-electron chi connectivity index (χ1n) is 6.64. The van der Waals surface area contributed by atoms with Crippen molar-refractivity contribution >= 4 is 5.91 Å². The summed E-state index contributed by atoms with van der Waals surface area (Å²) in [5.74, 6) is -0.421. The van der Waals surface area contributed by atoms with E-state index < -0.39 is 0 Å². The van der Waals surface area contributed by atoms with Crippen LogP contribution in [0.4, 0.5) is 4.39 Å². The van der Waals surface area contributed by atoms with Gasteiger partial charge in [-0.2, -0.15) is 0 Å². The zero-order valence-corrected chi connectivity index (χ0v) is 11.2. The Morgan fingerprint density at radius 1 is 1.42 bits per heavy atom. The quantitative estimate of drug-likeness (QED) is 0.845. The summed E-state index contributed by atoms with van der Waals surface area (Å²) in [5.41, 5.74) is 1.01. The zero-order chi connectivity index (χ0) is 13.7. The second-order valence-corrected chi connectivity index (χ2v) is 4.81. The first-order valence-corrected chi connectivity index (χ1v) is 6.64. The van der Waals surface area contributed by atoms with Gasteiger partial charge in [-0.15, -0.1) is 0 Å². The highest BCUT2D eigenvalue weighted by molar-refractivity contribution is 5.94. The molecule has 0 unspecified atom stereocenters. The van der Waals surface area contributed by atoms with Crippen LogP contribution in [0.5, 0.6) is 0 Å². The van der Waals surface area contributed by atoms with Gasteiger partial charge in [0.25, 0.3) is 5.91 Å². The minimum atomic E-state index is -0.280. The Kier molecular flexibility index (Phi) is 4.87. The maximum atomic E-state index is 13.1. The number of nitrogens with one attached hydrogen (secondary N) is 2. The predicted molar refractivity (Wildman–Crippen MR) is 72.8 cm³/mol. The number of rotatable bonds is 4. The lowest BCUT2D eigenvalue weighted by molar-refractivity contribution is 0.0947. The number of hydrogen-bond acceptors (Lipinski definition) is 3. The summed E-state index contributed by atoms with van der Waals surface area (Å²) < 4.78 is 13.1. The average molecular weight is 265 g/mol. The summed E-state index contributed by atoms with van der Waals surface area (Å²) in [7, 11) is 0. The third kappa shape index (κ3) is 4.01. The maximum absolute atomic E-state index is 13.1. The largest absolute Gasteiger partial charge is 0.351 e. The molecule has 4 nitrogen and oxygen atoms in total. The van der Waals surface area contributed by atoms with Crippen LogP contribution in [-0.4, -0.2) is 50.1 Å². The van der Waals surface area contributed by atoms with Crippen LogP contribution in [0.3, 0.4) is 0 Å². The van der Waals surface area contributed by atoms with Crippen LogP contribution in [0.25, 0.3) is 0 Å². The third-order valence-corrected chi connectivity index (χ3v) is 3.34. The Hall–Kier alpha value is -1.46. The molecule has 1 amide bonds. The number of benzene rings is 1. The van der Waals surface area contributed by atoms with Crippen molar-refractivity contribution in [2.24, 2.45) is 0 Å². The van der Waals surface area contributed by atoms with Gasteiger partial charge in [-0.25, -0.2) is 4.39 Å². The van der Waals surface area contributed by atoms with Gasteiger partial charge in [-0.3, -0.25) is 9.69 Å². The second-order valence-electron chi connectivity index (χ2n) is 4.81. The number of aryl methyl sites for hydroxylation is 1. The molecule has 1 saturated heterocycles. The van der Waals surface area contributed by atoms with Gasteiger partial charge >= 0.3 is 0 Å². The number of carbonyl (C=O) groups excluding carboxylic acids is 1. The minimum Gasteiger partial charge on any atom is -0.351 e. The van der Waals surface area contributed by atoms with E-state index in [1.54, 1.807) is 13.0 Å². The Labute approximate surface area is 113 Å². The average Bonchev–Trinajstić information content (AvgIpc) is 2.43. The molecule has 19 heavy (non-hydrogen) atoms. The maximum Gasteiger partial charge on any atom is 0.251 e. The topological polar surface area (TPSA) is 44.4 Å². The number of hydrogen-bond donors (Lipinski definition) is 2. The van der Waals surface area contributed by atoms with E-state index in [1.165, 1.54) is 12.1 Å². The highest BCUT2D eigenvalue weighted by Crippen LogP contribution is 2.08. The van der Waals surface area contributed by atoms with E-state index in [0.29, 0.717) is 17.7 Å². The van der Waals surface area contributed by atoms with Crippen molar-refractivity contribution in [1.82, 2.24) is 15.5 Å². The van der Waals surface area contributed by atoms with E-state index >= 15 is 0 Å². The first kappa shape index (κ1) is 14.0. The van der Waals surface area contributed by atoms with E-state index in [2.05, 4.69) is 15.5 Å². The number of nitrogens with zero attached hydrogens (tertiary/aromatic N) is 1. The molecular weight excluding hydrogens is 245 g/mol. The molecule has 1 fully saturated rings. The summed E-state index contributed by atoms with van der Waals surface area (Å²) in [4.78, 5) is 14.2. The molecule has 2 rings (SSSR count). The molecule has 0 atom stereocenters. The van der Waals surface area contributed by atoms with Crippen molar-refractivity contribution in [2.45, 2.75) is 6.92 Å². The molecule has 0 radical (unpaired) electrons. The lowest BCUT2D eigenvalue weighted by Crippen LogP contribution is -2.46. The van der Waals surface area contributed by atoms with Gasteiger partial charge in [-0.05, 0) is 30.7 Å². The minimum absolute atomic E-state index is 0.141. The van der Waals surface area contributed by atoms with Crippen molar-refractivity contribution in [2.75, 3.05) is 39.3 Å². The molecule has 2 N–H and O–H groups in total. The molecule has 1 aromatic carbocycles. The molecule has 0 aliphatic carbocycles. The summed E-state index contributed by atoms with van der Waals surface area (Å²) in [6.45, 7) is 7.18. The molecule has 1 aromatic rings. The van der Waals surface area contributed by atoms with Crippen LogP contribution < -0.4 is 10.6 Å². The van der Waals surface area contributed by atoms with Gasteiger partial charge in [0.05, 0.1) is 0 Å². The van der Waals surface area contributed by atoms with Crippen molar-refractivity contribution in [3.8, 4) is 0 Å². The first-order chi connectivity index (χ1) is 9.16. The fourth-order valence-corrected chi connectivity index (χ4v) is 2.15. The summed E-state index contributed by atoms with van der Waals surface area (Å²) in [6.07, 6.45) is 0. The van der Waals surface area contributed by atoms with Crippen molar-refractivity contribution < 1.29 is 9.18 Å².